The summed E-state index contributed by atoms with van der Waals surface area (Å²) in [5.41, 5.74) is 2.60. The SMILES string of the molecule is CCC(CC)n1c(C)nc2nc(C)cnc21. The van der Waals surface area contributed by atoms with Crippen molar-refractivity contribution in [3.05, 3.63) is 17.7 Å². The zero-order chi connectivity index (χ0) is 11.7. The standard InChI is InChI=1S/C12H18N4/c1-5-10(6-2)16-9(4)15-11-12(16)13-7-8(3)14-11/h7,10H,5-6H2,1-4H3. The molecule has 0 bridgehead atoms. The predicted octanol–water partition coefficient (Wildman–Crippen LogP) is 2.80. The Morgan fingerprint density at radius 3 is 2.50 bits per heavy atom. The minimum Gasteiger partial charge on any atom is -0.308 e. The van der Waals surface area contributed by atoms with Crippen LogP contribution in [0, 0.1) is 13.8 Å². The summed E-state index contributed by atoms with van der Waals surface area (Å²) in [6.07, 6.45) is 4.00. The molecule has 0 atom stereocenters. The Morgan fingerprint density at radius 2 is 1.88 bits per heavy atom. The van der Waals surface area contributed by atoms with Crippen molar-refractivity contribution in [1.29, 1.82) is 0 Å². The zero-order valence-electron chi connectivity index (χ0n) is 10.4. The number of imidazole rings is 1. The first-order chi connectivity index (χ1) is 7.67. The van der Waals surface area contributed by atoms with Crippen LogP contribution in [0.25, 0.3) is 11.3 Å². The van der Waals surface area contributed by atoms with Gasteiger partial charge in [-0.3, -0.25) is 0 Å². The normalized spacial score (nSPS) is 11.6. The molecular formula is C12H18N4. The average molecular weight is 218 g/mol. The highest BCUT2D eigenvalue weighted by Gasteiger charge is 2.15. The van der Waals surface area contributed by atoms with Crippen LogP contribution in [0.2, 0.25) is 0 Å². The Bertz CT molecular complexity index is 497. The van der Waals surface area contributed by atoms with E-state index in [1.165, 1.54) is 0 Å². The number of nitrogens with zero attached hydrogens (tertiary/aromatic N) is 4. The van der Waals surface area contributed by atoms with Crippen molar-refractivity contribution in [3.63, 3.8) is 0 Å². The molecule has 86 valence electrons. The Labute approximate surface area is 95.7 Å². The van der Waals surface area contributed by atoms with Gasteiger partial charge in [-0.1, -0.05) is 13.8 Å². The highest BCUT2D eigenvalue weighted by Crippen LogP contribution is 2.22. The molecule has 0 unspecified atom stereocenters. The van der Waals surface area contributed by atoms with Gasteiger partial charge in [0.15, 0.2) is 11.3 Å². The van der Waals surface area contributed by atoms with E-state index in [-0.39, 0.29) is 0 Å². The summed E-state index contributed by atoms with van der Waals surface area (Å²) >= 11 is 0. The number of aryl methyl sites for hydroxylation is 2. The molecule has 2 heterocycles. The van der Waals surface area contributed by atoms with Gasteiger partial charge in [-0.2, -0.15) is 0 Å². The number of hydrogen-bond donors (Lipinski definition) is 0. The fourth-order valence-electron chi connectivity index (χ4n) is 2.15. The van der Waals surface area contributed by atoms with Gasteiger partial charge in [0.25, 0.3) is 0 Å². The number of rotatable bonds is 3. The first kappa shape index (κ1) is 11.0. The lowest BCUT2D eigenvalue weighted by Crippen LogP contribution is -2.09. The fourth-order valence-corrected chi connectivity index (χ4v) is 2.15. The lowest BCUT2D eigenvalue weighted by Gasteiger charge is -2.16. The maximum Gasteiger partial charge on any atom is 0.197 e. The topological polar surface area (TPSA) is 43.6 Å². The third-order valence-electron chi connectivity index (χ3n) is 3.01. The van der Waals surface area contributed by atoms with Gasteiger partial charge in [-0.15, -0.1) is 0 Å². The van der Waals surface area contributed by atoms with Crippen molar-refractivity contribution in [2.75, 3.05) is 0 Å². The van der Waals surface area contributed by atoms with Gasteiger partial charge in [0, 0.05) is 6.04 Å². The molecular weight excluding hydrogens is 200 g/mol. The van der Waals surface area contributed by atoms with E-state index in [0.717, 1.165) is 35.7 Å². The molecule has 0 amide bonds. The van der Waals surface area contributed by atoms with Gasteiger partial charge >= 0.3 is 0 Å². The zero-order valence-corrected chi connectivity index (χ0v) is 10.4. The maximum absolute atomic E-state index is 4.48. The third-order valence-corrected chi connectivity index (χ3v) is 3.01. The molecule has 0 radical (unpaired) electrons. The smallest absolute Gasteiger partial charge is 0.197 e. The number of hydrogen-bond acceptors (Lipinski definition) is 3. The van der Waals surface area contributed by atoms with Crippen LogP contribution in [-0.4, -0.2) is 19.5 Å². The van der Waals surface area contributed by atoms with Gasteiger partial charge in [-0.05, 0) is 26.7 Å². The summed E-state index contributed by atoms with van der Waals surface area (Å²) in [4.78, 5) is 13.4. The van der Waals surface area contributed by atoms with Crippen LogP contribution in [-0.2, 0) is 0 Å². The molecule has 4 nitrogen and oxygen atoms in total. The Balaban J connectivity index is 2.64. The summed E-state index contributed by atoms with van der Waals surface area (Å²) in [6, 6.07) is 0.474. The van der Waals surface area contributed by atoms with E-state index in [2.05, 4.69) is 33.4 Å². The van der Waals surface area contributed by atoms with E-state index in [9.17, 15) is 0 Å². The van der Waals surface area contributed by atoms with Gasteiger partial charge < -0.3 is 4.57 Å². The molecule has 0 aromatic carbocycles. The first-order valence-electron chi connectivity index (χ1n) is 5.85. The van der Waals surface area contributed by atoms with Crippen molar-refractivity contribution in [2.24, 2.45) is 0 Å². The molecule has 0 saturated carbocycles. The van der Waals surface area contributed by atoms with E-state index in [0.29, 0.717) is 6.04 Å². The van der Waals surface area contributed by atoms with Gasteiger partial charge in [0.1, 0.15) is 5.82 Å². The Hall–Kier alpha value is -1.45. The summed E-state index contributed by atoms with van der Waals surface area (Å²) in [5.74, 6) is 1.01. The van der Waals surface area contributed by atoms with Crippen molar-refractivity contribution in [2.45, 2.75) is 46.6 Å². The predicted molar refractivity (Wildman–Crippen MR) is 64.4 cm³/mol. The van der Waals surface area contributed by atoms with Crippen molar-refractivity contribution < 1.29 is 0 Å². The van der Waals surface area contributed by atoms with Crippen LogP contribution in [0.4, 0.5) is 0 Å². The van der Waals surface area contributed by atoms with Crippen LogP contribution in [0.1, 0.15) is 44.2 Å². The van der Waals surface area contributed by atoms with E-state index in [4.69, 9.17) is 0 Å². The molecule has 16 heavy (non-hydrogen) atoms. The third kappa shape index (κ3) is 1.68. The molecule has 0 saturated heterocycles. The van der Waals surface area contributed by atoms with E-state index in [1.54, 1.807) is 0 Å². The average Bonchev–Trinajstić information content (AvgIpc) is 2.57. The minimum atomic E-state index is 0.474. The molecule has 2 aromatic heterocycles. The summed E-state index contributed by atoms with van der Waals surface area (Å²) in [7, 11) is 0. The monoisotopic (exact) mass is 218 g/mol. The molecule has 0 spiro atoms. The number of aromatic nitrogens is 4. The van der Waals surface area contributed by atoms with Gasteiger partial charge in [0.05, 0.1) is 11.9 Å². The lowest BCUT2D eigenvalue weighted by molar-refractivity contribution is 0.471. The fraction of sp³-hybridized carbons (Fsp3) is 0.583. The molecule has 0 aliphatic rings. The summed E-state index contributed by atoms with van der Waals surface area (Å²) in [6.45, 7) is 8.36. The lowest BCUT2D eigenvalue weighted by atomic mass is 10.1. The molecule has 2 aromatic rings. The largest absolute Gasteiger partial charge is 0.308 e. The molecule has 0 aliphatic heterocycles. The highest BCUT2D eigenvalue weighted by molar-refractivity contribution is 5.66. The van der Waals surface area contributed by atoms with Gasteiger partial charge in [-0.25, -0.2) is 15.0 Å². The van der Waals surface area contributed by atoms with E-state index in [1.807, 2.05) is 20.0 Å². The minimum absolute atomic E-state index is 0.474. The second kappa shape index (κ2) is 4.20. The Kier molecular flexibility index (Phi) is 2.90. The van der Waals surface area contributed by atoms with Crippen LogP contribution >= 0.6 is 0 Å². The maximum atomic E-state index is 4.48. The van der Waals surface area contributed by atoms with E-state index < -0.39 is 0 Å². The van der Waals surface area contributed by atoms with Crippen molar-refractivity contribution in [3.8, 4) is 0 Å². The van der Waals surface area contributed by atoms with Crippen LogP contribution in [0.3, 0.4) is 0 Å². The molecule has 2 rings (SSSR count). The molecule has 0 fully saturated rings. The van der Waals surface area contributed by atoms with Crippen molar-refractivity contribution in [1.82, 2.24) is 19.5 Å². The number of fused-ring (bicyclic) bond motifs is 1. The Morgan fingerprint density at radius 1 is 1.19 bits per heavy atom. The van der Waals surface area contributed by atoms with E-state index >= 15 is 0 Å². The quantitative estimate of drug-likeness (QED) is 0.795. The molecule has 0 aliphatic carbocycles. The van der Waals surface area contributed by atoms with Crippen molar-refractivity contribution >= 4 is 11.3 Å². The second-order valence-corrected chi connectivity index (χ2v) is 4.16. The van der Waals surface area contributed by atoms with Crippen LogP contribution in [0.15, 0.2) is 6.20 Å². The van der Waals surface area contributed by atoms with Crippen LogP contribution in [0.5, 0.6) is 0 Å². The second-order valence-electron chi connectivity index (χ2n) is 4.16. The molecule has 4 heteroatoms. The first-order valence-corrected chi connectivity index (χ1v) is 5.85. The summed E-state index contributed by atoms with van der Waals surface area (Å²) in [5, 5.41) is 0. The van der Waals surface area contributed by atoms with Gasteiger partial charge in [0.2, 0.25) is 0 Å². The molecule has 0 N–H and O–H groups in total. The van der Waals surface area contributed by atoms with Crippen LogP contribution < -0.4 is 0 Å². The highest BCUT2D eigenvalue weighted by atomic mass is 15.2. The summed E-state index contributed by atoms with van der Waals surface area (Å²) < 4.78 is 2.21.